The summed E-state index contributed by atoms with van der Waals surface area (Å²) in [6, 6.07) is 20.9. The minimum Gasteiger partial charge on any atom is -0.342 e. The number of hydrogen-bond acceptors (Lipinski definition) is 4. The van der Waals surface area contributed by atoms with Crippen molar-refractivity contribution in [3.05, 3.63) is 106 Å². The number of imide groups is 1. The molecule has 1 fully saturated rings. The van der Waals surface area contributed by atoms with E-state index in [1.54, 1.807) is 48.7 Å². The van der Waals surface area contributed by atoms with Crippen LogP contribution in [0.4, 0.5) is 14.9 Å². The van der Waals surface area contributed by atoms with Crippen LogP contribution in [-0.4, -0.2) is 33.1 Å². The molecule has 4 aromatic rings. The van der Waals surface area contributed by atoms with Crippen molar-refractivity contribution < 1.29 is 18.8 Å². The number of nitrogens with zero attached hydrogens (tertiary/aromatic N) is 2. The fourth-order valence-corrected chi connectivity index (χ4v) is 5.07. The topological polar surface area (TPSA) is 71.4 Å². The number of benzene rings is 3. The van der Waals surface area contributed by atoms with Crippen molar-refractivity contribution in [2.45, 2.75) is 6.54 Å². The van der Waals surface area contributed by atoms with E-state index < -0.39 is 22.9 Å². The molecule has 0 atom stereocenters. The Bertz CT molecular complexity index is 1510. The molecule has 36 heavy (non-hydrogen) atoms. The normalized spacial score (nSPS) is 14.7. The van der Waals surface area contributed by atoms with Gasteiger partial charge < -0.3 is 9.88 Å². The Morgan fingerprint density at radius 2 is 1.75 bits per heavy atom. The van der Waals surface area contributed by atoms with Crippen molar-refractivity contribution in [2.24, 2.45) is 0 Å². The van der Waals surface area contributed by atoms with E-state index in [0.717, 1.165) is 27.6 Å². The van der Waals surface area contributed by atoms with Gasteiger partial charge >= 0.3 is 0 Å². The molecule has 2 heterocycles. The van der Waals surface area contributed by atoms with E-state index in [1.165, 1.54) is 6.07 Å². The SMILES string of the molecule is O=C(CN1C(=O)S/C(=C/c2cn(Cc3c(F)cccc3Cl)c3ccccc23)C1=O)Nc1ccccc1. The summed E-state index contributed by atoms with van der Waals surface area (Å²) in [5.41, 5.74) is 2.45. The molecule has 0 bridgehead atoms. The Kier molecular flexibility index (Phi) is 6.63. The van der Waals surface area contributed by atoms with Crippen LogP contribution in [0.25, 0.3) is 17.0 Å². The lowest BCUT2D eigenvalue weighted by atomic mass is 10.1. The standard InChI is InChI=1S/C27H19ClFN3O3S/c28-21-10-6-11-22(29)20(21)15-31-14-17(19-9-4-5-12-23(19)31)13-24-26(34)32(27(35)36-24)16-25(33)30-18-7-2-1-3-8-18/h1-14H,15-16H2,(H,30,33)/b24-13+. The molecule has 9 heteroatoms. The monoisotopic (exact) mass is 519 g/mol. The maximum atomic E-state index is 14.4. The molecule has 3 aromatic carbocycles. The Morgan fingerprint density at radius 1 is 1.00 bits per heavy atom. The van der Waals surface area contributed by atoms with E-state index in [2.05, 4.69) is 5.32 Å². The van der Waals surface area contributed by atoms with Crippen molar-refractivity contribution in [1.29, 1.82) is 0 Å². The summed E-state index contributed by atoms with van der Waals surface area (Å²) in [5.74, 6) is -1.41. The van der Waals surface area contributed by atoms with Crippen LogP contribution in [0, 0.1) is 5.82 Å². The zero-order chi connectivity index (χ0) is 25.2. The third kappa shape index (κ3) is 4.78. The van der Waals surface area contributed by atoms with Crippen molar-refractivity contribution in [1.82, 2.24) is 9.47 Å². The summed E-state index contributed by atoms with van der Waals surface area (Å²) in [7, 11) is 0. The first-order chi connectivity index (χ1) is 17.4. The second kappa shape index (κ2) is 10.0. The number of para-hydroxylation sites is 2. The summed E-state index contributed by atoms with van der Waals surface area (Å²) in [4.78, 5) is 39.1. The summed E-state index contributed by atoms with van der Waals surface area (Å²) in [6.45, 7) is -0.189. The molecule has 0 radical (unpaired) electrons. The molecule has 1 saturated heterocycles. The molecule has 1 aliphatic heterocycles. The van der Waals surface area contributed by atoms with Crippen LogP contribution in [0.5, 0.6) is 0 Å². The summed E-state index contributed by atoms with van der Waals surface area (Å²) in [5, 5.41) is 3.31. The zero-order valence-corrected chi connectivity index (χ0v) is 20.4. The van der Waals surface area contributed by atoms with E-state index in [-0.39, 0.29) is 18.0 Å². The Labute approximate surface area is 215 Å². The second-order valence-electron chi connectivity index (χ2n) is 8.11. The second-order valence-corrected chi connectivity index (χ2v) is 9.51. The lowest BCUT2D eigenvalue weighted by Crippen LogP contribution is -2.36. The average molecular weight is 520 g/mol. The maximum absolute atomic E-state index is 14.4. The lowest BCUT2D eigenvalue weighted by molar-refractivity contribution is -0.127. The van der Waals surface area contributed by atoms with Gasteiger partial charge in [0.15, 0.2) is 0 Å². The fourth-order valence-electron chi connectivity index (χ4n) is 4.02. The van der Waals surface area contributed by atoms with Crippen LogP contribution >= 0.6 is 23.4 Å². The first kappa shape index (κ1) is 23.8. The van der Waals surface area contributed by atoms with Crippen LogP contribution in [0.2, 0.25) is 5.02 Å². The first-order valence-electron chi connectivity index (χ1n) is 11.0. The number of aromatic nitrogens is 1. The highest BCUT2D eigenvalue weighted by molar-refractivity contribution is 8.18. The highest BCUT2D eigenvalue weighted by Gasteiger charge is 2.36. The largest absolute Gasteiger partial charge is 0.342 e. The van der Waals surface area contributed by atoms with Gasteiger partial charge in [-0.2, -0.15) is 0 Å². The Hall–Kier alpha value is -3.88. The minimum atomic E-state index is -0.540. The molecule has 0 unspecified atom stereocenters. The van der Waals surface area contributed by atoms with Crippen LogP contribution < -0.4 is 5.32 Å². The van der Waals surface area contributed by atoms with E-state index >= 15 is 0 Å². The molecule has 3 amide bonds. The van der Waals surface area contributed by atoms with Gasteiger partial charge in [0.25, 0.3) is 11.1 Å². The minimum absolute atomic E-state index is 0.195. The van der Waals surface area contributed by atoms with Crippen molar-refractivity contribution in [3.63, 3.8) is 0 Å². The van der Waals surface area contributed by atoms with Gasteiger partial charge in [-0.15, -0.1) is 0 Å². The molecule has 180 valence electrons. The predicted molar refractivity (Wildman–Crippen MR) is 140 cm³/mol. The average Bonchev–Trinajstić information content (AvgIpc) is 3.34. The number of nitrogens with one attached hydrogen (secondary N) is 1. The van der Waals surface area contributed by atoms with Crippen molar-refractivity contribution >= 4 is 63.1 Å². The Balaban J connectivity index is 1.41. The van der Waals surface area contributed by atoms with Gasteiger partial charge in [0, 0.05) is 38.9 Å². The van der Waals surface area contributed by atoms with E-state index in [9.17, 15) is 18.8 Å². The molecule has 0 aliphatic carbocycles. The van der Waals surface area contributed by atoms with E-state index in [1.807, 2.05) is 34.9 Å². The summed E-state index contributed by atoms with van der Waals surface area (Å²) in [6.07, 6.45) is 3.42. The fraction of sp³-hybridized carbons (Fsp3) is 0.0741. The van der Waals surface area contributed by atoms with Crippen molar-refractivity contribution in [2.75, 3.05) is 11.9 Å². The number of fused-ring (bicyclic) bond motifs is 1. The smallest absolute Gasteiger partial charge is 0.294 e. The number of halogens is 2. The molecule has 0 spiro atoms. The lowest BCUT2D eigenvalue weighted by Gasteiger charge is -2.12. The van der Waals surface area contributed by atoms with E-state index in [4.69, 9.17) is 11.6 Å². The summed E-state index contributed by atoms with van der Waals surface area (Å²) < 4.78 is 16.3. The van der Waals surface area contributed by atoms with Crippen molar-refractivity contribution in [3.8, 4) is 0 Å². The van der Waals surface area contributed by atoms with Crippen LogP contribution in [0.3, 0.4) is 0 Å². The third-order valence-electron chi connectivity index (χ3n) is 5.73. The van der Waals surface area contributed by atoms with Gasteiger partial charge in [-0.25, -0.2) is 4.39 Å². The molecule has 1 N–H and O–H groups in total. The molecular formula is C27H19ClFN3O3S. The predicted octanol–water partition coefficient (Wildman–Crippen LogP) is 6.16. The number of amides is 3. The molecule has 0 saturated carbocycles. The van der Waals surface area contributed by atoms with Gasteiger partial charge in [0.05, 0.1) is 11.4 Å². The zero-order valence-electron chi connectivity index (χ0n) is 18.8. The molecule has 1 aliphatic rings. The van der Waals surface area contributed by atoms with Gasteiger partial charge in [-0.1, -0.05) is 54.1 Å². The van der Waals surface area contributed by atoms with Gasteiger partial charge in [0.1, 0.15) is 12.4 Å². The first-order valence-corrected chi connectivity index (χ1v) is 12.2. The van der Waals surface area contributed by atoms with Crippen LogP contribution in [0.15, 0.2) is 83.9 Å². The van der Waals surface area contributed by atoms with Crippen LogP contribution in [0.1, 0.15) is 11.1 Å². The number of anilines is 1. The number of rotatable bonds is 6. The van der Waals surface area contributed by atoms with Gasteiger partial charge in [0.2, 0.25) is 5.91 Å². The van der Waals surface area contributed by atoms with Gasteiger partial charge in [-0.3, -0.25) is 19.3 Å². The number of thioether (sulfide) groups is 1. The third-order valence-corrected chi connectivity index (χ3v) is 6.99. The summed E-state index contributed by atoms with van der Waals surface area (Å²) >= 11 is 7.01. The highest BCUT2D eigenvalue weighted by Crippen LogP contribution is 2.34. The number of carbonyl (C=O) groups is 3. The maximum Gasteiger partial charge on any atom is 0.294 e. The molecule has 6 nitrogen and oxygen atoms in total. The van der Waals surface area contributed by atoms with Gasteiger partial charge in [-0.05, 0) is 48.2 Å². The highest BCUT2D eigenvalue weighted by atomic mass is 35.5. The molecule has 1 aromatic heterocycles. The Morgan fingerprint density at radius 3 is 2.53 bits per heavy atom. The number of carbonyl (C=O) groups excluding carboxylic acids is 3. The number of hydrogen-bond donors (Lipinski definition) is 1. The molecule has 5 rings (SSSR count). The van der Waals surface area contributed by atoms with E-state index in [0.29, 0.717) is 21.8 Å². The quantitative estimate of drug-likeness (QED) is 0.310. The molecular weight excluding hydrogens is 501 g/mol. The van der Waals surface area contributed by atoms with Crippen LogP contribution in [-0.2, 0) is 16.1 Å².